The van der Waals surface area contributed by atoms with Crippen LogP contribution in [0, 0.1) is 0 Å². The van der Waals surface area contributed by atoms with Gasteiger partial charge in [0.15, 0.2) is 0 Å². The van der Waals surface area contributed by atoms with Crippen molar-refractivity contribution in [1.29, 1.82) is 0 Å². The summed E-state index contributed by atoms with van der Waals surface area (Å²) >= 11 is 5.81. The second kappa shape index (κ2) is 8.62. The van der Waals surface area contributed by atoms with E-state index in [0.717, 1.165) is 9.75 Å². The molecule has 2 aromatic heterocycles. The van der Waals surface area contributed by atoms with Crippen LogP contribution in [0.5, 0.6) is 0 Å². The Bertz CT molecular complexity index is 1510. The zero-order chi connectivity index (χ0) is 30.3. The molecule has 1 saturated carbocycles. The van der Waals surface area contributed by atoms with Crippen LogP contribution >= 0.6 is 46.2 Å². The molecule has 0 bridgehead atoms. The Balaban J connectivity index is 1.59. The lowest BCUT2D eigenvalue weighted by Crippen LogP contribution is -2.48. The van der Waals surface area contributed by atoms with Gasteiger partial charge in [-0.15, -0.1) is 46.2 Å². The molecular formula is C29H30F6S4Si2. The summed E-state index contributed by atoms with van der Waals surface area (Å²) in [5, 5.41) is 0. The molecule has 0 aromatic carbocycles. The number of alkyl halides is 6. The standard InChI is InChI=1S/C29H30F6S4Si2/c1-25-15(13-19(38-25)17-9-11-21(36-17)40(3,4)5)23-24(28(32,33)29(34,35)27(23,30)31)16-14-20(39-26(16,25)2)18-10-12-22(37-18)41(6,7)8/h9-14H,1-8H3. The van der Waals surface area contributed by atoms with Gasteiger partial charge in [0, 0.05) is 30.7 Å². The van der Waals surface area contributed by atoms with Crippen LogP contribution in [0.3, 0.4) is 0 Å². The van der Waals surface area contributed by atoms with Crippen LogP contribution in [0.25, 0.3) is 9.81 Å². The fraction of sp³-hybridized carbons (Fsp3) is 0.448. The third-order valence-corrected chi connectivity index (χ3v) is 21.5. The molecule has 0 N–H and O–H groups in total. The molecule has 4 heterocycles. The molecule has 2 unspecified atom stereocenters. The van der Waals surface area contributed by atoms with Gasteiger partial charge in [-0.1, -0.05) is 51.4 Å². The summed E-state index contributed by atoms with van der Waals surface area (Å²) < 4.78 is 92.7. The van der Waals surface area contributed by atoms with E-state index in [1.807, 2.05) is 24.3 Å². The average molecular weight is 677 g/mol. The molecule has 4 aliphatic rings. The number of thiophene rings is 2. The Kier molecular flexibility index (Phi) is 6.33. The number of halogens is 6. The minimum absolute atomic E-state index is 0.111. The fourth-order valence-electron chi connectivity index (χ4n) is 5.90. The molecule has 0 spiro atoms. The summed E-state index contributed by atoms with van der Waals surface area (Å²) in [6.45, 7) is 16.7. The van der Waals surface area contributed by atoms with E-state index in [-0.39, 0.29) is 11.1 Å². The second-order valence-electron chi connectivity index (χ2n) is 13.4. The van der Waals surface area contributed by atoms with Crippen LogP contribution in [0.4, 0.5) is 26.3 Å². The lowest BCUT2D eigenvalue weighted by Gasteiger charge is -2.47. The molecule has 41 heavy (non-hydrogen) atoms. The maximum atomic E-state index is 15.6. The molecule has 1 fully saturated rings. The first-order valence-electron chi connectivity index (χ1n) is 13.2. The van der Waals surface area contributed by atoms with Crippen LogP contribution in [-0.4, -0.2) is 43.4 Å². The first kappa shape index (κ1) is 30.1. The molecule has 0 amide bonds. The SMILES string of the molecule is CC12SC(c3ccc([Si](C)(C)C)s3)=CC1=C1C(=C3C=C(c4ccc([Si](C)(C)C)s4)SC32C)C(F)(F)C(F)(F)C1(F)F. The molecule has 12 heteroatoms. The molecule has 220 valence electrons. The average Bonchev–Trinajstić information content (AvgIpc) is 3.61. The molecule has 2 aromatic rings. The van der Waals surface area contributed by atoms with E-state index in [1.165, 1.54) is 44.7 Å². The number of hydrogen-bond acceptors (Lipinski definition) is 4. The summed E-state index contributed by atoms with van der Waals surface area (Å²) in [6, 6.07) is 7.95. The normalized spacial score (nSPS) is 29.9. The van der Waals surface area contributed by atoms with Crippen LogP contribution < -0.4 is 9.00 Å². The quantitative estimate of drug-likeness (QED) is 0.234. The first-order chi connectivity index (χ1) is 18.6. The van der Waals surface area contributed by atoms with Crippen molar-refractivity contribution in [2.75, 3.05) is 0 Å². The predicted octanol–water partition coefficient (Wildman–Crippen LogP) is 9.82. The number of thioether (sulfide) groups is 2. The third-order valence-electron chi connectivity index (χ3n) is 8.50. The maximum absolute atomic E-state index is 15.6. The summed E-state index contributed by atoms with van der Waals surface area (Å²) in [6.07, 6.45) is 2.97. The van der Waals surface area contributed by atoms with Crippen molar-refractivity contribution in [3.05, 3.63) is 68.5 Å². The van der Waals surface area contributed by atoms with Gasteiger partial charge in [0.25, 0.3) is 0 Å². The predicted molar refractivity (Wildman–Crippen MR) is 171 cm³/mol. The van der Waals surface area contributed by atoms with E-state index in [9.17, 15) is 0 Å². The zero-order valence-corrected chi connectivity index (χ0v) is 29.1. The van der Waals surface area contributed by atoms with Gasteiger partial charge in [-0.25, -0.2) is 0 Å². The van der Waals surface area contributed by atoms with Crippen molar-refractivity contribution in [3.63, 3.8) is 0 Å². The molecule has 0 nitrogen and oxygen atoms in total. The van der Waals surface area contributed by atoms with Gasteiger partial charge >= 0.3 is 17.8 Å². The van der Waals surface area contributed by atoms with E-state index < -0.39 is 54.6 Å². The fourth-order valence-corrected chi connectivity index (χ4v) is 15.0. The van der Waals surface area contributed by atoms with Crippen molar-refractivity contribution in [2.45, 2.75) is 80.4 Å². The van der Waals surface area contributed by atoms with Crippen LogP contribution in [0.15, 0.2) is 58.7 Å². The molecule has 0 radical (unpaired) electrons. The summed E-state index contributed by atoms with van der Waals surface area (Å²) in [5.74, 6) is -15.6. The van der Waals surface area contributed by atoms with Crippen LogP contribution in [0.1, 0.15) is 23.6 Å². The van der Waals surface area contributed by atoms with Crippen molar-refractivity contribution in [2.24, 2.45) is 0 Å². The van der Waals surface area contributed by atoms with Crippen molar-refractivity contribution >= 4 is 81.2 Å². The minimum atomic E-state index is -5.54. The van der Waals surface area contributed by atoms with Crippen LogP contribution in [-0.2, 0) is 0 Å². The molecule has 0 saturated heterocycles. The van der Waals surface area contributed by atoms with E-state index >= 15 is 26.3 Å². The van der Waals surface area contributed by atoms with Gasteiger partial charge in [0.05, 0.1) is 25.6 Å². The zero-order valence-electron chi connectivity index (χ0n) is 23.9. The van der Waals surface area contributed by atoms with Gasteiger partial charge in [0.1, 0.15) is 0 Å². The van der Waals surface area contributed by atoms with Gasteiger partial charge in [-0.3, -0.25) is 0 Å². The van der Waals surface area contributed by atoms with E-state index in [0.29, 0.717) is 9.81 Å². The van der Waals surface area contributed by atoms with Gasteiger partial charge in [-0.05, 0) is 58.3 Å². The van der Waals surface area contributed by atoms with Crippen molar-refractivity contribution < 1.29 is 26.3 Å². The Morgan fingerprint density at radius 3 is 1.20 bits per heavy atom. The van der Waals surface area contributed by atoms with E-state index in [1.54, 1.807) is 36.5 Å². The highest BCUT2D eigenvalue weighted by molar-refractivity contribution is 8.14. The highest BCUT2D eigenvalue weighted by Gasteiger charge is 2.84. The summed E-state index contributed by atoms with van der Waals surface area (Å²) in [7, 11) is -3.32. The number of fused-ring (bicyclic) bond motifs is 4. The van der Waals surface area contributed by atoms with Gasteiger partial charge < -0.3 is 0 Å². The molecule has 2 aliphatic heterocycles. The molecular weight excluding hydrogens is 647 g/mol. The highest BCUT2D eigenvalue weighted by Crippen LogP contribution is 2.75. The Morgan fingerprint density at radius 1 is 0.561 bits per heavy atom. The monoisotopic (exact) mass is 676 g/mol. The molecule has 2 atom stereocenters. The van der Waals surface area contributed by atoms with Crippen molar-refractivity contribution in [3.8, 4) is 0 Å². The third kappa shape index (κ3) is 3.85. The number of allylic oxidation sites excluding steroid dienone is 4. The molecule has 6 rings (SSSR count). The first-order valence-corrected chi connectivity index (χ1v) is 23.5. The summed E-state index contributed by atoms with van der Waals surface area (Å²) in [5.41, 5.74) is -2.61. The van der Waals surface area contributed by atoms with E-state index in [2.05, 4.69) is 39.3 Å². The molecule has 2 aliphatic carbocycles. The largest absolute Gasteiger partial charge is 0.380 e. The minimum Gasteiger partial charge on any atom is -0.194 e. The Hall–Kier alpha value is -0.926. The maximum Gasteiger partial charge on any atom is 0.380 e. The Labute approximate surface area is 255 Å². The highest BCUT2D eigenvalue weighted by atomic mass is 32.2. The van der Waals surface area contributed by atoms with Gasteiger partial charge in [0.2, 0.25) is 0 Å². The van der Waals surface area contributed by atoms with Crippen LogP contribution in [0.2, 0.25) is 39.3 Å². The number of rotatable bonds is 4. The second-order valence-corrected chi connectivity index (χ2v) is 29.3. The van der Waals surface area contributed by atoms with Crippen molar-refractivity contribution in [1.82, 2.24) is 0 Å². The lowest BCUT2D eigenvalue weighted by atomic mass is 9.71. The Morgan fingerprint density at radius 2 is 0.902 bits per heavy atom. The van der Waals surface area contributed by atoms with Gasteiger partial charge in [-0.2, -0.15) is 26.3 Å². The topological polar surface area (TPSA) is 0 Å². The summed E-state index contributed by atoms with van der Waals surface area (Å²) in [4.78, 5) is 3.01. The smallest absolute Gasteiger partial charge is 0.194 e. The van der Waals surface area contributed by atoms with E-state index in [4.69, 9.17) is 0 Å². The number of hydrogen-bond donors (Lipinski definition) is 0. The lowest BCUT2D eigenvalue weighted by molar-refractivity contribution is -0.258.